The molecule has 1 fully saturated rings. The van der Waals surface area contributed by atoms with Crippen LogP contribution in [0, 0.1) is 0 Å². The van der Waals surface area contributed by atoms with Gasteiger partial charge in [-0.2, -0.15) is 0 Å². The minimum atomic E-state index is 0.546. The fourth-order valence-electron chi connectivity index (χ4n) is 2.24. The summed E-state index contributed by atoms with van der Waals surface area (Å²) in [6, 6.07) is 0.546. The number of piperidine rings is 1. The molecule has 0 radical (unpaired) electrons. The highest BCUT2D eigenvalue weighted by Crippen LogP contribution is 2.28. The Kier molecular flexibility index (Phi) is 4.12. The molecule has 0 aliphatic carbocycles. The molecule has 1 saturated heterocycles. The molecule has 1 atom stereocenters. The third-order valence-corrected chi connectivity index (χ3v) is 3.55. The Hall–Kier alpha value is -0.680. The third-order valence-electron chi connectivity index (χ3n) is 2.99. The predicted molar refractivity (Wildman–Crippen MR) is 68.6 cm³/mol. The molecule has 0 saturated carbocycles. The maximum Gasteiger partial charge on any atom is 0.146 e. The highest BCUT2D eigenvalue weighted by Gasteiger charge is 2.24. The average molecular weight is 285 g/mol. The summed E-state index contributed by atoms with van der Waals surface area (Å²) in [6.45, 7) is 2.10. The normalized spacial score (nSPS) is 21.1. The quantitative estimate of drug-likeness (QED) is 0.919. The van der Waals surface area contributed by atoms with E-state index in [4.69, 9.17) is 0 Å². The average Bonchev–Trinajstić information content (AvgIpc) is 2.31. The van der Waals surface area contributed by atoms with Gasteiger partial charge in [-0.15, -0.1) is 0 Å². The van der Waals surface area contributed by atoms with Crippen LogP contribution in [0.3, 0.4) is 0 Å². The zero-order chi connectivity index (χ0) is 11.4. The van der Waals surface area contributed by atoms with Gasteiger partial charge >= 0.3 is 0 Å². The fourth-order valence-corrected chi connectivity index (χ4v) is 2.69. The lowest BCUT2D eigenvalue weighted by Gasteiger charge is -2.37. The summed E-state index contributed by atoms with van der Waals surface area (Å²) in [6.07, 6.45) is 7.22. The first-order valence-corrected chi connectivity index (χ1v) is 6.49. The first-order chi connectivity index (χ1) is 7.83. The van der Waals surface area contributed by atoms with Crippen molar-refractivity contribution >= 4 is 21.7 Å². The molecule has 1 aliphatic heterocycles. The van der Waals surface area contributed by atoms with E-state index in [1.54, 1.807) is 6.33 Å². The van der Waals surface area contributed by atoms with E-state index >= 15 is 0 Å². The maximum absolute atomic E-state index is 4.37. The minimum Gasteiger partial charge on any atom is -0.351 e. The molecule has 0 amide bonds. The Morgan fingerprint density at radius 3 is 3.19 bits per heavy atom. The number of nitrogens with one attached hydrogen (secondary N) is 1. The van der Waals surface area contributed by atoms with Crippen LogP contribution in [0.5, 0.6) is 0 Å². The SMILES string of the molecule is CNCC1CCCCN1c1ncncc1Br. The molecule has 1 N–H and O–H groups in total. The molecule has 1 aliphatic rings. The van der Waals surface area contributed by atoms with E-state index in [1.165, 1.54) is 19.3 Å². The standard InChI is InChI=1S/C11H17BrN4/c1-13-6-9-4-2-3-5-16(9)11-10(12)7-14-8-15-11/h7-9,13H,2-6H2,1H3. The Balaban J connectivity index is 2.19. The number of aromatic nitrogens is 2. The first kappa shape index (κ1) is 11.8. The van der Waals surface area contributed by atoms with Crippen LogP contribution in [0.1, 0.15) is 19.3 Å². The van der Waals surface area contributed by atoms with Crippen LogP contribution in [0.25, 0.3) is 0 Å². The van der Waals surface area contributed by atoms with E-state index in [0.717, 1.165) is 23.4 Å². The van der Waals surface area contributed by atoms with Crippen LogP contribution in [0.15, 0.2) is 17.0 Å². The number of nitrogens with zero attached hydrogens (tertiary/aromatic N) is 3. The Bertz CT molecular complexity index is 343. The van der Waals surface area contributed by atoms with Gasteiger partial charge in [-0.05, 0) is 42.2 Å². The highest BCUT2D eigenvalue weighted by atomic mass is 79.9. The highest BCUT2D eigenvalue weighted by molar-refractivity contribution is 9.10. The number of anilines is 1. The van der Waals surface area contributed by atoms with E-state index < -0.39 is 0 Å². The topological polar surface area (TPSA) is 41.0 Å². The molecule has 1 aromatic rings. The van der Waals surface area contributed by atoms with Crippen LogP contribution < -0.4 is 10.2 Å². The molecular formula is C11H17BrN4. The molecule has 0 bridgehead atoms. The lowest BCUT2D eigenvalue weighted by atomic mass is 10.0. The smallest absolute Gasteiger partial charge is 0.146 e. The molecule has 2 rings (SSSR count). The number of rotatable bonds is 3. The molecule has 16 heavy (non-hydrogen) atoms. The molecular weight excluding hydrogens is 268 g/mol. The second-order valence-corrected chi connectivity index (χ2v) is 4.95. The van der Waals surface area contributed by atoms with Gasteiger partial charge in [-0.3, -0.25) is 0 Å². The monoisotopic (exact) mass is 284 g/mol. The molecule has 2 heterocycles. The minimum absolute atomic E-state index is 0.546. The van der Waals surface area contributed by atoms with Gasteiger partial charge in [-0.25, -0.2) is 9.97 Å². The van der Waals surface area contributed by atoms with Gasteiger partial charge in [0.05, 0.1) is 4.47 Å². The van der Waals surface area contributed by atoms with Crippen LogP contribution >= 0.6 is 15.9 Å². The number of hydrogen-bond donors (Lipinski definition) is 1. The summed E-state index contributed by atoms with van der Waals surface area (Å²) in [4.78, 5) is 10.8. The van der Waals surface area contributed by atoms with E-state index in [-0.39, 0.29) is 0 Å². The van der Waals surface area contributed by atoms with Gasteiger partial charge in [0.25, 0.3) is 0 Å². The van der Waals surface area contributed by atoms with Crippen molar-refractivity contribution < 1.29 is 0 Å². The van der Waals surface area contributed by atoms with Gasteiger partial charge in [0.15, 0.2) is 0 Å². The van der Waals surface area contributed by atoms with Gasteiger partial charge in [0, 0.05) is 25.3 Å². The summed E-state index contributed by atoms with van der Waals surface area (Å²) >= 11 is 3.52. The van der Waals surface area contributed by atoms with E-state index in [9.17, 15) is 0 Å². The van der Waals surface area contributed by atoms with Crippen LogP contribution in [0.4, 0.5) is 5.82 Å². The molecule has 1 unspecified atom stereocenters. The first-order valence-electron chi connectivity index (χ1n) is 5.69. The van der Waals surface area contributed by atoms with E-state index in [2.05, 4.69) is 36.1 Å². The lowest BCUT2D eigenvalue weighted by molar-refractivity contribution is 0.443. The van der Waals surface area contributed by atoms with Crippen LogP contribution in [-0.2, 0) is 0 Å². The Morgan fingerprint density at radius 2 is 2.44 bits per heavy atom. The summed E-state index contributed by atoms with van der Waals surface area (Å²) in [7, 11) is 2.00. The van der Waals surface area contributed by atoms with E-state index in [1.807, 2.05) is 13.2 Å². The zero-order valence-electron chi connectivity index (χ0n) is 9.49. The van der Waals surface area contributed by atoms with Crippen LogP contribution in [-0.4, -0.2) is 36.1 Å². The van der Waals surface area contributed by atoms with Crippen molar-refractivity contribution in [3.63, 3.8) is 0 Å². The van der Waals surface area contributed by atoms with Crippen molar-refractivity contribution in [2.45, 2.75) is 25.3 Å². The second-order valence-electron chi connectivity index (χ2n) is 4.09. The van der Waals surface area contributed by atoms with Crippen molar-refractivity contribution in [3.05, 3.63) is 17.0 Å². The van der Waals surface area contributed by atoms with E-state index in [0.29, 0.717) is 6.04 Å². The number of likely N-dealkylation sites (N-methyl/N-ethyl adjacent to an activating group) is 1. The summed E-state index contributed by atoms with van der Waals surface area (Å²) in [5.41, 5.74) is 0. The molecule has 0 spiro atoms. The van der Waals surface area contributed by atoms with Crippen molar-refractivity contribution in [1.82, 2.24) is 15.3 Å². The molecule has 5 heteroatoms. The Morgan fingerprint density at radius 1 is 1.56 bits per heavy atom. The molecule has 88 valence electrons. The van der Waals surface area contributed by atoms with Crippen LogP contribution in [0.2, 0.25) is 0 Å². The fraction of sp³-hybridized carbons (Fsp3) is 0.636. The number of hydrogen-bond acceptors (Lipinski definition) is 4. The molecule has 1 aromatic heterocycles. The molecule has 4 nitrogen and oxygen atoms in total. The van der Waals surface area contributed by atoms with Crippen molar-refractivity contribution in [3.8, 4) is 0 Å². The largest absolute Gasteiger partial charge is 0.351 e. The Labute approximate surface area is 105 Å². The predicted octanol–water partition coefficient (Wildman–Crippen LogP) is 1.82. The lowest BCUT2D eigenvalue weighted by Crippen LogP contribution is -2.45. The van der Waals surface area contributed by atoms with Gasteiger partial charge in [-0.1, -0.05) is 0 Å². The van der Waals surface area contributed by atoms with Gasteiger partial charge in [0.1, 0.15) is 12.1 Å². The third kappa shape index (κ3) is 2.52. The zero-order valence-corrected chi connectivity index (χ0v) is 11.1. The van der Waals surface area contributed by atoms with Gasteiger partial charge < -0.3 is 10.2 Å². The number of halogens is 1. The second kappa shape index (κ2) is 5.59. The summed E-state index contributed by atoms with van der Waals surface area (Å²) < 4.78 is 0.984. The van der Waals surface area contributed by atoms with Crippen molar-refractivity contribution in [1.29, 1.82) is 0 Å². The summed E-state index contributed by atoms with van der Waals surface area (Å²) in [5.74, 6) is 1.02. The van der Waals surface area contributed by atoms with Crippen molar-refractivity contribution in [2.75, 3.05) is 25.0 Å². The van der Waals surface area contributed by atoms with Gasteiger partial charge in [0.2, 0.25) is 0 Å². The molecule has 0 aromatic carbocycles. The maximum atomic E-state index is 4.37. The van der Waals surface area contributed by atoms with Crippen molar-refractivity contribution in [2.24, 2.45) is 0 Å². The summed E-state index contributed by atoms with van der Waals surface area (Å²) in [5, 5.41) is 3.26.